The van der Waals surface area contributed by atoms with Gasteiger partial charge in [0.05, 0.1) is 10.7 Å². The molecule has 0 unspecified atom stereocenters. The Labute approximate surface area is 134 Å². The predicted octanol–water partition coefficient (Wildman–Crippen LogP) is 3.43. The zero-order valence-corrected chi connectivity index (χ0v) is 13.8. The minimum atomic E-state index is -1.06. The summed E-state index contributed by atoms with van der Waals surface area (Å²) in [5.74, 6) is -0.413. The van der Waals surface area contributed by atoms with E-state index in [0.717, 1.165) is 4.47 Å². The van der Waals surface area contributed by atoms with Gasteiger partial charge >= 0.3 is 12.0 Å². The average Bonchev–Trinajstić information content (AvgIpc) is 2.38. The molecule has 2 amide bonds. The van der Waals surface area contributed by atoms with Crippen LogP contribution in [0.1, 0.15) is 6.42 Å². The molecule has 5 nitrogen and oxygen atoms in total. The van der Waals surface area contributed by atoms with E-state index in [1.54, 1.807) is 18.2 Å². The molecule has 0 saturated heterocycles. The summed E-state index contributed by atoms with van der Waals surface area (Å²) in [4.78, 5) is 22.8. The van der Waals surface area contributed by atoms with Crippen molar-refractivity contribution in [2.45, 2.75) is 12.5 Å². The van der Waals surface area contributed by atoms with E-state index in [1.165, 1.54) is 11.8 Å². The van der Waals surface area contributed by atoms with E-state index in [9.17, 15) is 9.59 Å². The summed E-state index contributed by atoms with van der Waals surface area (Å²) in [6.45, 7) is 0. The van der Waals surface area contributed by atoms with Crippen molar-refractivity contribution in [3.8, 4) is 0 Å². The molecule has 20 heavy (non-hydrogen) atoms. The number of hydrogen-bond acceptors (Lipinski definition) is 3. The van der Waals surface area contributed by atoms with Gasteiger partial charge in [0.1, 0.15) is 6.04 Å². The van der Waals surface area contributed by atoms with Crippen LogP contribution in [-0.4, -0.2) is 35.2 Å². The minimum absolute atomic E-state index is 0.357. The molecule has 0 aromatic heterocycles. The van der Waals surface area contributed by atoms with Crippen LogP contribution in [0.5, 0.6) is 0 Å². The molecule has 3 N–H and O–H groups in total. The average molecular weight is 382 g/mol. The standard InChI is InChI=1S/C12H14BrClN2O3S/c1-20-5-4-9(11(17)18)15-12(19)16-10-6-7(13)2-3-8(10)14/h2-3,6,9H,4-5H2,1H3,(H,17,18)(H2,15,16,19)/t9-/m0/s1. The fraction of sp³-hybridized carbons (Fsp3) is 0.333. The number of anilines is 1. The number of urea groups is 1. The van der Waals surface area contributed by atoms with E-state index in [1.807, 2.05) is 6.26 Å². The van der Waals surface area contributed by atoms with E-state index >= 15 is 0 Å². The number of halogens is 2. The summed E-state index contributed by atoms with van der Waals surface area (Å²) in [5.41, 5.74) is 0.410. The van der Waals surface area contributed by atoms with Gasteiger partial charge in [0.2, 0.25) is 0 Å². The van der Waals surface area contributed by atoms with Gasteiger partial charge in [0.25, 0.3) is 0 Å². The number of benzene rings is 1. The van der Waals surface area contributed by atoms with Crippen LogP contribution in [0.15, 0.2) is 22.7 Å². The third-order valence-corrected chi connectivity index (χ3v) is 3.86. The van der Waals surface area contributed by atoms with Crippen LogP contribution >= 0.6 is 39.3 Å². The maximum Gasteiger partial charge on any atom is 0.326 e. The van der Waals surface area contributed by atoms with Gasteiger partial charge in [-0.15, -0.1) is 0 Å². The molecule has 1 rings (SSSR count). The zero-order chi connectivity index (χ0) is 15.1. The lowest BCUT2D eigenvalue weighted by atomic mass is 10.2. The van der Waals surface area contributed by atoms with Crippen molar-refractivity contribution >= 4 is 57.0 Å². The SMILES string of the molecule is CSCC[C@H](NC(=O)Nc1cc(Br)ccc1Cl)C(=O)O. The molecule has 0 bridgehead atoms. The molecular formula is C12H14BrClN2O3S. The molecule has 0 heterocycles. The number of amides is 2. The Bertz CT molecular complexity index is 502. The van der Waals surface area contributed by atoms with E-state index in [4.69, 9.17) is 16.7 Å². The number of hydrogen-bond donors (Lipinski definition) is 3. The van der Waals surface area contributed by atoms with Crippen molar-refractivity contribution in [3.63, 3.8) is 0 Å². The van der Waals surface area contributed by atoms with Crippen molar-refractivity contribution in [2.75, 3.05) is 17.3 Å². The lowest BCUT2D eigenvalue weighted by Crippen LogP contribution is -2.43. The Hall–Kier alpha value is -0.920. The molecule has 0 saturated carbocycles. The fourth-order valence-electron chi connectivity index (χ4n) is 1.40. The monoisotopic (exact) mass is 380 g/mol. The summed E-state index contributed by atoms with van der Waals surface area (Å²) < 4.78 is 0.759. The van der Waals surface area contributed by atoms with E-state index in [2.05, 4.69) is 26.6 Å². The van der Waals surface area contributed by atoms with Crippen LogP contribution in [0.3, 0.4) is 0 Å². The van der Waals surface area contributed by atoms with Gasteiger partial charge in [-0.3, -0.25) is 0 Å². The molecular weight excluding hydrogens is 368 g/mol. The second kappa shape index (κ2) is 8.39. The number of rotatable bonds is 6. The van der Waals surface area contributed by atoms with Crippen LogP contribution < -0.4 is 10.6 Å². The highest BCUT2D eigenvalue weighted by Crippen LogP contribution is 2.25. The first kappa shape index (κ1) is 17.1. The van der Waals surface area contributed by atoms with Crippen molar-refractivity contribution < 1.29 is 14.7 Å². The largest absolute Gasteiger partial charge is 0.480 e. The first-order chi connectivity index (χ1) is 9.43. The molecule has 0 aliphatic heterocycles. The highest BCUT2D eigenvalue weighted by Gasteiger charge is 2.19. The van der Waals surface area contributed by atoms with Crippen LogP contribution in [-0.2, 0) is 4.79 Å². The van der Waals surface area contributed by atoms with Gasteiger partial charge in [0, 0.05) is 4.47 Å². The van der Waals surface area contributed by atoms with Crippen molar-refractivity contribution in [1.29, 1.82) is 0 Å². The third kappa shape index (κ3) is 5.60. The molecule has 1 aromatic rings. The summed E-state index contributed by atoms with van der Waals surface area (Å²) in [5, 5.41) is 14.3. The predicted molar refractivity (Wildman–Crippen MR) is 85.7 cm³/mol. The van der Waals surface area contributed by atoms with Crippen LogP contribution in [0.4, 0.5) is 10.5 Å². The number of nitrogens with one attached hydrogen (secondary N) is 2. The Balaban J connectivity index is 2.65. The van der Waals surface area contributed by atoms with Crippen LogP contribution in [0, 0.1) is 0 Å². The second-order valence-corrected chi connectivity index (χ2v) is 6.20. The van der Waals surface area contributed by atoms with Gasteiger partial charge < -0.3 is 15.7 Å². The summed E-state index contributed by atoms with van der Waals surface area (Å²) in [6.07, 6.45) is 2.23. The van der Waals surface area contributed by atoms with Crippen LogP contribution in [0.2, 0.25) is 5.02 Å². The summed E-state index contributed by atoms with van der Waals surface area (Å²) in [7, 11) is 0. The van der Waals surface area contributed by atoms with Crippen molar-refractivity contribution in [1.82, 2.24) is 5.32 Å². The van der Waals surface area contributed by atoms with E-state index < -0.39 is 18.0 Å². The number of aliphatic carboxylic acids is 1. The molecule has 0 fully saturated rings. The lowest BCUT2D eigenvalue weighted by Gasteiger charge is -2.15. The molecule has 0 aliphatic carbocycles. The Morgan fingerprint density at radius 3 is 2.80 bits per heavy atom. The molecule has 0 spiro atoms. The van der Waals surface area contributed by atoms with Gasteiger partial charge in [-0.05, 0) is 36.6 Å². The molecule has 1 aromatic carbocycles. The van der Waals surface area contributed by atoms with Crippen LogP contribution in [0.25, 0.3) is 0 Å². The van der Waals surface area contributed by atoms with Crippen molar-refractivity contribution in [3.05, 3.63) is 27.7 Å². The third-order valence-electron chi connectivity index (χ3n) is 2.39. The topological polar surface area (TPSA) is 78.4 Å². The van der Waals surface area contributed by atoms with Gasteiger partial charge in [-0.1, -0.05) is 27.5 Å². The van der Waals surface area contributed by atoms with Crippen molar-refractivity contribution in [2.24, 2.45) is 0 Å². The first-order valence-electron chi connectivity index (χ1n) is 5.68. The molecule has 0 aliphatic rings. The zero-order valence-electron chi connectivity index (χ0n) is 10.7. The number of carbonyl (C=O) groups excluding carboxylic acids is 1. The molecule has 110 valence electrons. The molecule has 0 radical (unpaired) electrons. The number of carboxylic acid groups (broad SMARTS) is 1. The second-order valence-electron chi connectivity index (χ2n) is 3.89. The Morgan fingerprint density at radius 2 is 2.20 bits per heavy atom. The number of thioether (sulfide) groups is 1. The lowest BCUT2D eigenvalue weighted by molar-refractivity contribution is -0.139. The Morgan fingerprint density at radius 1 is 1.50 bits per heavy atom. The normalized spacial score (nSPS) is 11.8. The van der Waals surface area contributed by atoms with Gasteiger partial charge in [0.15, 0.2) is 0 Å². The molecule has 1 atom stereocenters. The fourth-order valence-corrected chi connectivity index (χ4v) is 2.40. The van der Waals surface area contributed by atoms with E-state index in [0.29, 0.717) is 22.9 Å². The minimum Gasteiger partial charge on any atom is -0.480 e. The number of carboxylic acids is 1. The molecule has 8 heteroatoms. The van der Waals surface area contributed by atoms with E-state index in [-0.39, 0.29) is 0 Å². The summed E-state index contributed by atoms with van der Waals surface area (Å²) in [6, 6.07) is 3.49. The quantitative estimate of drug-likeness (QED) is 0.705. The highest BCUT2D eigenvalue weighted by molar-refractivity contribution is 9.10. The first-order valence-corrected chi connectivity index (χ1v) is 8.25. The Kier molecular flexibility index (Phi) is 7.18. The van der Waals surface area contributed by atoms with Gasteiger partial charge in [-0.2, -0.15) is 11.8 Å². The maximum atomic E-state index is 11.8. The highest BCUT2D eigenvalue weighted by atomic mass is 79.9. The maximum absolute atomic E-state index is 11.8. The number of carbonyl (C=O) groups is 2. The smallest absolute Gasteiger partial charge is 0.326 e. The van der Waals surface area contributed by atoms with Gasteiger partial charge in [-0.25, -0.2) is 9.59 Å². The summed E-state index contributed by atoms with van der Waals surface area (Å²) >= 11 is 10.7.